The lowest BCUT2D eigenvalue weighted by Crippen LogP contribution is -2.36. The number of ether oxygens (including phenoxy) is 1. The second-order valence-corrected chi connectivity index (χ2v) is 5.62. The van der Waals surface area contributed by atoms with Gasteiger partial charge in [-0.2, -0.15) is 0 Å². The van der Waals surface area contributed by atoms with Gasteiger partial charge in [0.1, 0.15) is 16.9 Å². The van der Waals surface area contributed by atoms with E-state index in [-0.39, 0.29) is 0 Å². The fourth-order valence-electron chi connectivity index (χ4n) is 2.35. The highest BCUT2D eigenvalue weighted by atomic mass is 32.2. The number of H-pyrrole nitrogens is 1. The molecule has 2 unspecified atom stereocenters. The molecule has 0 radical (unpaired) electrons. The fourth-order valence-corrected chi connectivity index (χ4v) is 3.54. The topological polar surface area (TPSA) is 75.7 Å². The van der Waals surface area contributed by atoms with Crippen molar-refractivity contribution in [2.24, 2.45) is 5.92 Å². The van der Waals surface area contributed by atoms with Crippen molar-refractivity contribution in [3.63, 3.8) is 0 Å². The lowest BCUT2D eigenvalue weighted by molar-refractivity contribution is 0.180. The van der Waals surface area contributed by atoms with Crippen molar-refractivity contribution in [2.45, 2.75) is 17.5 Å². The van der Waals surface area contributed by atoms with Crippen LogP contribution in [0.5, 0.6) is 0 Å². The van der Waals surface area contributed by atoms with Crippen LogP contribution in [-0.4, -0.2) is 52.0 Å². The van der Waals surface area contributed by atoms with Crippen molar-refractivity contribution < 1.29 is 4.74 Å². The summed E-state index contributed by atoms with van der Waals surface area (Å²) < 4.78 is 5.46. The van der Waals surface area contributed by atoms with Gasteiger partial charge in [0.2, 0.25) is 0 Å². The van der Waals surface area contributed by atoms with Gasteiger partial charge in [0.15, 0.2) is 5.65 Å². The van der Waals surface area contributed by atoms with Gasteiger partial charge in [-0.15, -0.1) is 11.8 Å². The van der Waals surface area contributed by atoms with E-state index in [4.69, 9.17) is 4.74 Å². The summed E-state index contributed by atoms with van der Waals surface area (Å²) in [6.45, 7) is 1.74. The number of rotatable bonds is 5. The van der Waals surface area contributed by atoms with Gasteiger partial charge in [0.05, 0.1) is 12.9 Å². The summed E-state index contributed by atoms with van der Waals surface area (Å²) in [5.74, 6) is 1.56. The Morgan fingerprint density at radius 1 is 1.53 bits per heavy atom. The average Bonchev–Trinajstić information content (AvgIpc) is 3.10. The van der Waals surface area contributed by atoms with E-state index in [1.54, 1.807) is 24.4 Å². The Bertz CT molecular complexity index is 540. The average molecular weight is 279 g/mol. The Morgan fingerprint density at radius 3 is 3.26 bits per heavy atom. The molecule has 3 heterocycles. The van der Waals surface area contributed by atoms with Gasteiger partial charge in [-0.3, -0.25) is 0 Å². The Hall–Kier alpha value is -1.18. The molecule has 0 spiro atoms. The number of nitrogens with one attached hydrogen (secondary N) is 2. The maximum atomic E-state index is 5.46. The molecule has 0 saturated carbocycles. The molecule has 1 aliphatic rings. The highest BCUT2D eigenvalue weighted by Gasteiger charge is 2.25. The van der Waals surface area contributed by atoms with Crippen LogP contribution in [0.1, 0.15) is 6.42 Å². The minimum atomic E-state index is 0.445. The van der Waals surface area contributed by atoms with Crippen molar-refractivity contribution in [3.05, 3.63) is 12.7 Å². The van der Waals surface area contributed by atoms with Gasteiger partial charge in [-0.25, -0.2) is 15.0 Å². The zero-order valence-electron chi connectivity index (χ0n) is 10.8. The van der Waals surface area contributed by atoms with E-state index in [2.05, 4.69) is 25.3 Å². The molecule has 1 saturated heterocycles. The molecule has 2 N–H and O–H groups in total. The Morgan fingerprint density at radius 2 is 2.47 bits per heavy atom. The summed E-state index contributed by atoms with van der Waals surface area (Å²) >= 11 is 1.73. The van der Waals surface area contributed by atoms with Crippen molar-refractivity contribution in [1.29, 1.82) is 0 Å². The third-order valence-corrected chi connectivity index (χ3v) is 4.60. The van der Waals surface area contributed by atoms with Crippen molar-refractivity contribution >= 4 is 22.9 Å². The molecule has 0 bridgehead atoms. The van der Waals surface area contributed by atoms with E-state index in [0.29, 0.717) is 12.0 Å². The zero-order chi connectivity index (χ0) is 13.1. The van der Waals surface area contributed by atoms with Gasteiger partial charge >= 0.3 is 0 Å². The monoisotopic (exact) mass is 279 g/mol. The van der Waals surface area contributed by atoms with Crippen LogP contribution in [0.4, 0.5) is 0 Å². The van der Waals surface area contributed by atoms with Crippen LogP contribution in [0.2, 0.25) is 0 Å². The number of hydrogen-bond donors (Lipinski definition) is 2. The van der Waals surface area contributed by atoms with Gasteiger partial charge in [-0.1, -0.05) is 0 Å². The van der Waals surface area contributed by atoms with Crippen molar-refractivity contribution in [3.8, 4) is 0 Å². The van der Waals surface area contributed by atoms with Gasteiger partial charge in [0.25, 0.3) is 0 Å². The first-order valence-electron chi connectivity index (χ1n) is 6.40. The molecular formula is C12H17N5OS. The van der Waals surface area contributed by atoms with Gasteiger partial charge < -0.3 is 15.0 Å². The lowest BCUT2D eigenvalue weighted by Gasteiger charge is -2.21. The molecule has 1 fully saturated rings. The van der Waals surface area contributed by atoms with E-state index in [9.17, 15) is 0 Å². The molecule has 7 heteroatoms. The molecule has 6 nitrogen and oxygen atoms in total. The number of fused-ring (bicyclic) bond motifs is 1. The van der Waals surface area contributed by atoms with E-state index in [1.165, 1.54) is 0 Å². The van der Waals surface area contributed by atoms with Gasteiger partial charge in [-0.05, 0) is 13.5 Å². The molecule has 0 amide bonds. The number of aromatic nitrogens is 4. The number of hydrogen-bond acceptors (Lipinski definition) is 6. The summed E-state index contributed by atoms with van der Waals surface area (Å²) in [7, 11) is 2.01. The second kappa shape index (κ2) is 5.85. The number of aromatic amines is 1. The first-order chi connectivity index (χ1) is 9.38. The quantitative estimate of drug-likeness (QED) is 0.630. The molecule has 0 aromatic carbocycles. The number of imidazole rings is 1. The van der Waals surface area contributed by atoms with Crippen LogP contribution in [0.15, 0.2) is 17.7 Å². The third-order valence-electron chi connectivity index (χ3n) is 3.49. The SMILES string of the molecule is CNC(CSc1ncnc2nc[nH]c12)C1CCOC1. The van der Waals surface area contributed by atoms with Crippen LogP contribution in [0.25, 0.3) is 11.2 Å². The Kier molecular flexibility index (Phi) is 3.95. The molecule has 3 rings (SSSR count). The lowest BCUT2D eigenvalue weighted by atomic mass is 10.0. The first kappa shape index (κ1) is 12.8. The maximum absolute atomic E-state index is 5.46. The molecule has 2 atom stereocenters. The molecule has 0 aliphatic carbocycles. The van der Waals surface area contributed by atoms with E-state index in [1.807, 2.05) is 7.05 Å². The Labute approximate surface area is 115 Å². The second-order valence-electron chi connectivity index (χ2n) is 4.61. The highest BCUT2D eigenvalue weighted by Crippen LogP contribution is 2.26. The molecule has 2 aromatic rings. The smallest absolute Gasteiger partial charge is 0.181 e. The summed E-state index contributed by atoms with van der Waals surface area (Å²) in [4.78, 5) is 15.7. The predicted molar refractivity (Wildman–Crippen MR) is 74.2 cm³/mol. The fraction of sp³-hybridized carbons (Fsp3) is 0.583. The van der Waals surface area contributed by atoms with E-state index in [0.717, 1.165) is 41.6 Å². The molecule has 2 aromatic heterocycles. The summed E-state index contributed by atoms with van der Waals surface area (Å²) in [6, 6.07) is 0.445. The summed E-state index contributed by atoms with van der Waals surface area (Å²) in [6.07, 6.45) is 4.36. The number of nitrogens with zero attached hydrogens (tertiary/aromatic N) is 3. The summed E-state index contributed by atoms with van der Waals surface area (Å²) in [5.41, 5.74) is 1.65. The van der Waals surface area contributed by atoms with E-state index < -0.39 is 0 Å². The predicted octanol–water partition coefficient (Wildman–Crippen LogP) is 1.07. The van der Waals surface area contributed by atoms with Crippen LogP contribution >= 0.6 is 11.8 Å². The highest BCUT2D eigenvalue weighted by molar-refractivity contribution is 7.99. The molecular weight excluding hydrogens is 262 g/mol. The van der Waals surface area contributed by atoms with Gasteiger partial charge in [0, 0.05) is 24.3 Å². The normalized spacial score (nSPS) is 21.0. The van der Waals surface area contributed by atoms with E-state index >= 15 is 0 Å². The number of thioether (sulfide) groups is 1. The largest absolute Gasteiger partial charge is 0.381 e. The Balaban J connectivity index is 1.69. The zero-order valence-corrected chi connectivity index (χ0v) is 11.6. The molecule has 1 aliphatic heterocycles. The van der Waals surface area contributed by atoms with Crippen molar-refractivity contribution in [1.82, 2.24) is 25.3 Å². The summed E-state index contributed by atoms with van der Waals surface area (Å²) in [5, 5.41) is 4.35. The first-order valence-corrected chi connectivity index (χ1v) is 7.39. The van der Waals surface area contributed by atoms with Crippen LogP contribution in [-0.2, 0) is 4.74 Å². The molecule has 19 heavy (non-hydrogen) atoms. The van der Waals surface area contributed by atoms with Crippen LogP contribution < -0.4 is 5.32 Å². The standard InChI is InChI=1S/C12H17N5OS/c1-13-9(8-2-3-18-4-8)5-19-12-10-11(15-6-14-10)16-7-17-12/h6-9,13H,2-5H2,1H3,(H,14,15,16,17). The third kappa shape index (κ3) is 2.72. The van der Waals surface area contributed by atoms with Crippen LogP contribution in [0, 0.1) is 5.92 Å². The maximum Gasteiger partial charge on any atom is 0.181 e. The van der Waals surface area contributed by atoms with Crippen molar-refractivity contribution in [2.75, 3.05) is 26.0 Å². The van der Waals surface area contributed by atoms with Crippen LogP contribution in [0.3, 0.4) is 0 Å². The minimum absolute atomic E-state index is 0.445. The minimum Gasteiger partial charge on any atom is -0.381 e. The molecule has 102 valence electrons.